The molecule has 0 amide bonds. The highest BCUT2D eigenvalue weighted by atomic mass is 13.8. The molecule has 0 rings (SSSR count). The summed E-state index contributed by atoms with van der Waals surface area (Å²) >= 11 is 0. The molecule has 0 saturated carbocycles. The monoisotopic (exact) mass is 108 g/mol. The minimum Gasteiger partial charge on any atom is -0.103 e. The zero-order chi connectivity index (χ0) is 6.24. The fraction of sp³-hybridized carbons (Fsp3) is 0.625. The van der Waals surface area contributed by atoms with Gasteiger partial charge >= 0.3 is 0 Å². The van der Waals surface area contributed by atoms with Crippen LogP contribution in [0.2, 0.25) is 0 Å². The molecule has 8 heavy (non-hydrogen) atoms. The molecule has 0 heteroatoms. The average molecular weight is 108 g/mol. The fourth-order valence-corrected chi connectivity index (χ4v) is 0.536. The summed E-state index contributed by atoms with van der Waals surface area (Å²) in [7, 11) is 0. The van der Waals surface area contributed by atoms with Gasteiger partial charge in [0.1, 0.15) is 0 Å². The highest BCUT2D eigenvalue weighted by molar-refractivity contribution is 5.00. The molecule has 0 heterocycles. The minimum atomic E-state index is 0.963. The Kier molecular flexibility index (Phi) is 6.20. The Morgan fingerprint density at radius 1 is 1.38 bits per heavy atom. The van der Waals surface area contributed by atoms with E-state index >= 15 is 0 Å². The summed E-state index contributed by atoms with van der Waals surface area (Å²) in [5, 5.41) is 0. The lowest BCUT2D eigenvalue weighted by molar-refractivity contribution is 0.737. The average Bonchev–Trinajstić information content (AvgIpc) is 1.81. The molecule has 44 valence electrons. The minimum absolute atomic E-state index is 0.963. The van der Waals surface area contributed by atoms with Crippen molar-refractivity contribution in [3.05, 3.63) is 6.92 Å². The van der Waals surface area contributed by atoms with E-state index in [1.165, 1.54) is 19.3 Å². The third-order valence-corrected chi connectivity index (χ3v) is 1.01. The SMILES string of the molecule is [CH]C#CCCCCC. The van der Waals surface area contributed by atoms with Crippen molar-refractivity contribution >= 4 is 0 Å². The highest BCUT2D eigenvalue weighted by Crippen LogP contribution is 1.95. The molecule has 2 radical (unpaired) electrons. The second-order valence-corrected chi connectivity index (χ2v) is 1.78. The van der Waals surface area contributed by atoms with Crippen molar-refractivity contribution in [3.63, 3.8) is 0 Å². The first-order valence-corrected chi connectivity index (χ1v) is 3.10. The lowest BCUT2D eigenvalue weighted by Crippen LogP contribution is -1.69. The van der Waals surface area contributed by atoms with Gasteiger partial charge in [0.25, 0.3) is 0 Å². The Morgan fingerprint density at radius 3 is 2.62 bits per heavy atom. The van der Waals surface area contributed by atoms with E-state index in [2.05, 4.69) is 18.8 Å². The second-order valence-electron chi connectivity index (χ2n) is 1.78. The molecule has 0 aromatic carbocycles. The summed E-state index contributed by atoms with van der Waals surface area (Å²) in [5.74, 6) is 5.19. The molecule has 0 atom stereocenters. The number of rotatable bonds is 3. The van der Waals surface area contributed by atoms with Gasteiger partial charge < -0.3 is 0 Å². The lowest BCUT2D eigenvalue weighted by atomic mass is 10.2. The zero-order valence-corrected chi connectivity index (χ0v) is 5.41. The van der Waals surface area contributed by atoms with Crippen molar-refractivity contribution in [2.24, 2.45) is 0 Å². The molecule has 0 spiro atoms. The molecule has 0 unspecified atom stereocenters. The quantitative estimate of drug-likeness (QED) is 0.384. The Balaban J connectivity index is 2.79. The summed E-state index contributed by atoms with van der Waals surface area (Å²) in [4.78, 5) is 0. The summed E-state index contributed by atoms with van der Waals surface area (Å²) in [6.07, 6.45) is 4.69. The van der Waals surface area contributed by atoms with Gasteiger partial charge in [0, 0.05) is 6.42 Å². The van der Waals surface area contributed by atoms with Crippen molar-refractivity contribution in [1.82, 2.24) is 0 Å². The van der Waals surface area contributed by atoms with E-state index < -0.39 is 0 Å². The van der Waals surface area contributed by atoms with Crippen molar-refractivity contribution in [2.45, 2.75) is 32.6 Å². The van der Waals surface area contributed by atoms with Gasteiger partial charge in [-0.15, -0.1) is 5.92 Å². The van der Waals surface area contributed by atoms with Crippen LogP contribution in [0.3, 0.4) is 0 Å². The van der Waals surface area contributed by atoms with Gasteiger partial charge in [0.2, 0.25) is 0 Å². The fourth-order valence-electron chi connectivity index (χ4n) is 0.536. The molecule has 0 N–H and O–H groups in total. The van der Waals surface area contributed by atoms with E-state index in [0.717, 1.165) is 6.42 Å². The van der Waals surface area contributed by atoms with Crippen LogP contribution in [0.15, 0.2) is 0 Å². The second kappa shape index (κ2) is 6.56. The van der Waals surface area contributed by atoms with Crippen LogP contribution < -0.4 is 0 Å². The summed E-state index contributed by atoms with van der Waals surface area (Å²) < 4.78 is 0. The Bertz CT molecular complexity index is 81.9. The summed E-state index contributed by atoms with van der Waals surface area (Å²) in [6, 6.07) is 0. The standard InChI is InChI=1S/C8H12/c1-3-5-7-8-6-4-2/h1H,4,6-8H2,2H3. The molecule has 0 bridgehead atoms. The predicted octanol–water partition coefficient (Wildman–Crippen LogP) is 2.28. The van der Waals surface area contributed by atoms with E-state index in [1.807, 2.05) is 0 Å². The number of unbranched alkanes of at least 4 members (excludes halogenated alkanes) is 3. The molecular formula is C8H12. The smallest absolute Gasteiger partial charge is 0.0503 e. The van der Waals surface area contributed by atoms with Crippen molar-refractivity contribution in [1.29, 1.82) is 0 Å². The molecule has 0 nitrogen and oxygen atoms in total. The molecular weight excluding hydrogens is 96.1 g/mol. The van der Waals surface area contributed by atoms with E-state index in [9.17, 15) is 0 Å². The van der Waals surface area contributed by atoms with E-state index in [-0.39, 0.29) is 0 Å². The van der Waals surface area contributed by atoms with Gasteiger partial charge in [0.05, 0.1) is 6.92 Å². The first-order chi connectivity index (χ1) is 3.91. The normalized spacial score (nSPS) is 7.75. The summed E-state index contributed by atoms with van der Waals surface area (Å²) in [6.45, 7) is 7.13. The number of hydrogen-bond donors (Lipinski definition) is 0. The van der Waals surface area contributed by atoms with Crippen LogP contribution in [0.25, 0.3) is 0 Å². The van der Waals surface area contributed by atoms with E-state index in [4.69, 9.17) is 6.92 Å². The molecule has 0 saturated heterocycles. The van der Waals surface area contributed by atoms with Gasteiger partial charge in [-0.1, -0.05) is 25.7 Å². The Morgan fingerprint density at radius 2 is 2.12 bits per heavy atom. The van der Waals surface area contributed by atoms with Crippen LogP contribution in [0, 0.1) is 18.8 Å². The lowest BCUT2D eigenvalue weighted by Gasteiger charge is -1.86. The van der Waals surface area contributed by atoms with Crippen LogP contribution in [0.5, 0.6) is 0 Å². The molecule has 0 aliphatic heterocycles. The maximum absolute atomic E-state index is 4.95. The van der Waals surface area contributed by atoms with E-state index in [1.54, 1.807) is 0 Å². The Hall–Kier alpha value is -0.440. The maximum atomic E-state index is 4.95. The topological polar surface area (TPSA) is 0 Å². The predicted molar refractivity (Wildman–Crippen MR) is 36.2 cm³/mol. The molecule has 0 aliphatic rings. The van der Waals surface area contributed by atoms with Crippen molar-refractivity contribution < 1.29 is 0 Å². The molecule has 0 fully saturated rings. The van der Waals surface area contributed by atoms with Gasteiger partial charge in [-0.25, -0.2) is 0 Å². The third-order valence-electron chi connectivity index (χ3n) is 1.01. The van der Waals surface area contributed by atoms with Gasteiger partial charge in [-0.2, -0.15) is 0 Å². The van der Waals surface area contributed by atoms with Gasteiger partial charge in [-0.3, -0.25) is 0 Å². The molecule has 0 aromatic rings. The van der Waals surface area contributed by atoms with Crippen LogP contribution in [-0.4, -0.2) is 0 Å². The van der Waals surface area contributed by atoms with Gasteiger partial charge in [0.15, 0.2) is 0 Å². The van der Waals surface area contributed by atoms with Crippen LogP contribution in [0.1, 0.15) is 32.6 Å². The maximum Gasteiger partial charge on any atom is 0.0503 e. The largest absolute Gasteiger partial charge is 0.103 e. The zero-order valence-electron chi connectivity index (χ0n) is 5.41. The first kappa shape index (κ1) is 7.56. The summed E-state index contributed by atoms with van der Waals surface area (Å²) in [5.41, 5.74) is 0. The van der Waals surface area contributed by atoms with Crippen LogP contribution >= 0.6 is 0 Å². The number of hydrogen-bond acceptors (Lipinski definition) is 0. The first-order valence-electron chi connectivity index (χ1n) is 3.10. The third kappa shape index (κ3) is 5.56. The van der Waals surface area contributed by atoms with E-state index in [0.29, 0.717) is 0 Å². The van der Waals surface area contributed by atoms with Crippen LogP contribution in [0.4, 0.5) is 0 Å². The molecule has 0 aliphatic carbocycles. The molecule has 0 aromatic heterocycles. The van der Waals surface area contributed by atoms with Crippen molar-refractivity contribution in [3.8, 4) is 11.8 Å². The van der Waals surface area contributed by atoms with Crippen LogP contribution in [-0.2, 0) is 0 Å². The highest BCUT2D eigenvalue weighted by Gasteiger charge is 1.78. The van der Waals surface area contributed by atoms with Crippen molar-refractivity contribution in [2.75, 3.05) is 0 Å². The van der Waals surface area contributed by atoms with Gasteiger partial charge in [-0.05, 0) is 6.42 Å². The Labute approximate surface area is 52.3 Å².